The van der Waals surface area contributed by atoms with Crippen molar-refractivity contribution < 1.29 is 13.2 Å². The van der Waals surface area contributed by atoms with Gasteiger partial charge >= 0.3 is 6.18 Å². The van der Waals surface area contributed by atoms with Crippen molar-refractivity contribution in [2.45, 2.75) is 13.1 Å². The van der Waals surface area contributed by atoms with Crippen LogP contribution in [0.1, 0.15) is 16.7 Å². The second kappa shape index (κ2) is 5.66. The van der Waals surface area contributed by atoms with E-state index < -0.39 is 17.3 Å². The first-order valence-electron chi connectivity index (χ1n) is 5.96. The topological polar surface area (TPSA) is 35.8 Å². The Balaban J connectivity index is 2.42. The van der Waals surface area contributed by atoms with Crippen LogP contribution < -0.4 is 5.32 Å². The van der Waals surface area contributed by atoms with Crippen LogP contribution >= 0.6 is 11.6 Å². The molecule has 21 heavy (non-hydrogen) atoms. The van der Waals surface area contributed by atoms with Gasteiger partial charge in [-0.15, -0.1) is 0 Å². The molecule has 0 fully saturated rings. The summed E-state index contributed by atoms with van der Waals surface area (Å²) in [5.41, 5.74) is 0.261. The van der Waals surface area contributed by atoms with E-state index >= 15 is 0 Å². The lowest BCUT2D eigenvalue weighted by Gasteiger charge is -2.13. The van der Waals surface area contributed by atoms with Crippen molar-refractivity contribution >= 4 is 23.0 Å². The number of rotatable bonds is 2. The summed E-state index contributed by atoms with van der Waals surface area (Å²) in [5, 5.41) is 12.0. The fraction of sp³-hybridized carbons (Fsp3) is 0.133. The first-order valence-corrected chi connectivity index (χ1v) is 6.33. The number of halogens is 4. The van der Waals surface area contributed by atoms with Crippen molar-refractivity contribution in [3.05, 3.63) is 58.1 Å². The van der Waals surface area contributed by atoms with Gasteiger partial charge in [-0.25, -0.2) is 0 Å². The molecule has 0 heterocycles. The second-order valence-corrected chi connectivity index (χ2v) is 4.89. The molecule has 0 radical (unpaired) electrons. The van der Waals surface area contributed by atoms with E-state index in [1.807, 2.05) is 6.92 Å². The highest BCUT2D eigenvalue weighted by Crippen LogP contribution is 2.35. The number of nitrogens with one attached hydrogen (secondary N) is 1. The van der Waals surface area contributed by atoms with E-state index in [9.17, 15) is 13.2 Å². The zero-order chi connectivity index (χ0) is 15.6. The highest BCUT2D eigenvalue weighted by molar-refractivity contribution is 6.33. The SMILES string of the molecule is Cc1ccc(Cl)c(Nc2ccc(C#N)c(C(F)(F)F)c2)c1. The van der Waals surface area contributed by atoms with Crippen LogP contribution in [0, 0.1) is 18.3 Å². The molecule has 2 rings (SSSR count). The van der Waals surface area contributed by atoms with Gasteiger partial charge in [0.1, 0.15) is 0 Å². The minimum atomic E-state index is -4.58. The molecule has 0 bridgehead atoms. The first kappa shape index (κ1) is 15.2. The lowest BCUT2D eigenvalue weighted by Crippen LogP contribution is -2.08. The maximum Gasteiger partial charge on any atom is 0.417 e. The highest BCUT2D eigenvalue weighted by Gasteiger charge is 2.33. The fourth-order valence-corrected chi connectivity index (χ4v) is 2.01. The molecule has 0 aliphatic heterocycles. The molecule has 1 N–H and O–H groups in total. The molecule has 108 valence electrons. The summed E-state index contributed by atoms with van der Waals surface area (Å²) >= 11 is 6.00. The number of benzene rings is 2. The predicted molar refractivity (Wildman–Crippen MR) is 75.6 cm³/mol. The molecule has 0 atom stereocenters. The van der Waals surface area contributed by atoms with E-state index in [0.29, 0.717) is 10.7 Å². The molecule has 0 aliphatic rings. The fourth-order valence-electron chi connectivity index (χ4n) is 1.84. The van der Waals surface area contributed by atoms with Crippen molar-refractivity contribution in [1.82, 2.24) is 0 Å². The second-order valence-electron chi connectivity index (χ2n) is 4.48. The third kappa shape index (κ3) is 3.47. The van der Waals surface area contributed by atoms with Gasteiger partial charge in [-0.3, -0.25) is 0 Å². The van der Waals surface area contributed by atoms with Crippen LogP contribution in [0.4, 0.5) is 24.5 Å². The number of alkyl halides is 3. The Bertz CT molecular complexity index is 718. The molecule has 0 spiro atoms. The number of nitrogens with zero attached hydrogens (tertiary/aromatic N) is 1. The molecule has 0 saturated heterocycles. The van der Waals surface area contributed by atoms with Crippen LogP contribution in [0.25, 0.3) is 0 Å². The average molecular weight is 311 g/mol. The zero-order valence-electron chi connectivity index (χ0n) is 10.9. The van der Waals surface area contributed by atoms with Crippen molar-refractivity contribution in [1.29, 1.82) is 5.26 Å². The Hall–Kier alpha value is -2.19. The van der Waals surface area contributed by atoms with Gasteiger partial charge in [-0.05, 0) is 42.8 Å². The smallest absolute Gasteiger partial charge is 0.354 e. The molecular weight excluding hydrogens is 301 g/mol. The Morgan fingerprint density at radius 3 is 2.48 bits per heavy atom. The van der Waals surface area contributed by atoms with Gasteiger partial charge in [-0.2, -0.15) is 18.4 Å². The predicted octanol–water partition coefficient (Wildman–Crippen LogP) is 5.28. The molecule has 2 aromatic rings. The summed E-state index contributed by atoms with van der Waals surface area (Å²) in [4.78, 5) is 0. The minimum absolute atomic E-state index is 0.217. The third-order valence-corrected chi connectivity index (χ3v) is 3.18. The number of anilines is 2. The Labute approximate surface area is 124 Å². The van der Waals surface area contributed by atoms with Gasteiger partial charge in [0.15, 0.2) is 0 Å². The molecule has 0 unspecified atom stereocenters. The maximum atomic E-state index is 12.9. The van der Waals surface area contributed by atoms with E-state index in [2.05, 4.69) is 5.32 Å². The zero-order valence-corrected chi connectivity index (χ0v) is 11.7. The lowest BCUT2D eigenvalue weighted by molar-refractivity contribution is -0.137. The lowest BCUT2D eigenvalue weighted by atomic mass is 10.1. The summed E-state index contributed by atoms with van der Waals surface area (Å²) in [6.07, 6.45) is -4.58. The van der Waals surface area contributed by atoms with Crippen LogP contribution in [0.2, 0.25) is 5.02 Å². The van der Waals surface area contributed by atoms with Crippen LogP contribution in [0.15, 0.2) is 36.4 Å². The Morgan fingerprint density at radius 2 is 1.86 bits per heavy atom. The number of hydrogen-bond donors (Lipinski definition) is 1. The quantitative estimate of drug-likeness (QED) is 0.819. The van der Waals surface area contributed by atoms with Crippen molar-refractivity contribution in [2.24, 2.45) is 0 Å². The molecule has 2 nitrogen and oxygen atoms in total. The van der Waals surface area contributed by atoms with E-state index in [-0.39, 0.29) is 5.69 Å². The van der Waals surface area contributed by atoms with Gasteiger partial charge < -0.3 is 5.32 Å². The Kier molecular flexibility index (Phi) is 4.10. The van der Waals surface area contributed by atoms with Crippen LogP contribution in [0.5, 0.6) is 0 Å². The van der Waals surface area contributed by atoms with Crippen LogP contribution in [0.3, 0.4) is 0 Å². The van der Waals surface area contributed by atoms with Crippen molar-refractivity contribution in [3.63, 3.8) is 0 Å². The summed E-state index contributed by atoms with van der Waals surface area (Å²) in [5.74, 6) is 0. The van der Waals surface area contributed by atoms with Crippen molar-refractivity contribution in [2.75, 3.05) is 5.32 Å². The summed E-state index contributed by atoms with van der Waals surface area (Å²) in [6.45, 7) is 1.85. The number of aryl methyl sites for hydroxylation is 1. The molecule has 6 heteroatoms. The summed E-state index contributed by atoms with van der Waals surface area (Å²) < 4.78 is 38.7. The van der Waals surface area contributed by atoms with E-state index in [1.165, 1.54) is 12.1 Å². The van der Waals surface area contributed by atoms with Crippen LogP contribution in [-0.2, 0) is 6.18 Å². The number of hydrogen-bond acceptors (Lipinski definition) is 2. The Morgan fingerprint density at radius 1 is 1.14 bits per heavy atom. The van der Waals surface area contributed by atoms with Gasteiger partial charge in [0.2, 0.25) is 0 Å². The van der Waals surface area contributed by atoms with E-state index in [0.717, 1.165) is 17.7 Å². The number of nitriles is 1. The minimum Gasteiger partial charge on any atom is -0.354 e. The molecule has 0 saturated carbocycles. The standard InChI is InChI=1S/C15H10ClF3N2/c1-9-2-5-13(16)14(6-9)21-11-4-3-10(8-20)12(7-11)15(17,18)19/h2-7,21H,1H3. The monoisotopic (exact) mass is 310 g/mol. The molecular formula is C15H10ClF3N2. The van der Waals surface area contributed by atoms with Crippen LogP contribution in [-0.4, -0.2) is 0 Å². The van der Waals surface area contributed by atoms with Gasteiger partial charge in [0.05, 0.1) is 27.9 Å². The van der Waals surface area contributed by atoms with E-state index in [4.69, 9.17) is 16.9 Å². The first-order chi connectivity index (χ1) is 9.81. The van der Waals surface area contributed by atoms with Crippen molar-refractivity contribution in [3.8, 4) is 6.07 Å². The summed E-state index contributed by atoms with van der Waals surface area (Å²) in [7, 11) is 0. The van der Waals surface area contributed by atoms with Gasteiger partial charge in [-0.1, -0.05) is 17.7 Å². The molecule has 0 amide bonds. The maximum absolute atomic E-state index is 12.9. The third-order valence-electron chi connectivity index (χ3n) is 2.85. The van der Waals surface area contributed by atoms with Gasteiger partial charge in [0.25, 0.3) is 0 Å². The van der Waals surface area contributed by atoms with E-state index in [1.54, 1.807) is 18.2 Å². The molecule has 0 aromatic heterocycles. The normalized spacial score (nSPS) is 11.0. The average Bonchev–Trinajstić information content (AvgIpc) is 2.42. The summed E-state index contributed by atoms with van der Waals surface area (Å²) in [6, 6.07) is 10.2. The van der Waals surface area contributed by atoms with Gasteiger partial charge in [0, 0.05) is 5.69 Å². The molecule has 2 aromatic carbocycles. The largest absolute Gasteiger partial charge is 0.417 e. The molecule has 0 aliphatic carbocycles. The highest BCUT2D eigenvalue weighted by atomic mass is 35.5.